The van der Waals surface area contributed by atoms with E-state index in [-0.39, 0.29) is 22.8 Å². The number of anilines is 2. The Hall–Kier alpha value is -2.83. The average molecular weight is 359 g/mol. The third-order valence-corrected chi connectivity index (χ3v) is 3.61. The van der Waals surface area contributed by atoms with Gasteiger partial charge in [0.1, 0.15) is 11.6 Å². The van der Waals surface area contributed by atoms with Crippen LogP contribution in [0.3, 0.4) is 0 Å². The Balaban J connectivity index is 1.90. The standard InChI is InChI=1S/C19H22FN3O3/c1-11-25-14-9-15(22-13-7-5-6-12(20)8-13)23-16(17(14)26-11)18(24)21-10-19(2,3)4/h5-9,11H,10H2,1-4H3,(H,21,24)(H,22,23). The normalized spacial score (nSPS) is 15.7. The fourth-order valence-corrected chi connectivity index (χ4v) is 2.44. The number of hydrogen-bond donors (Lipinski definition) is 2. The van der Waals surface area contributed by atoms with Gasteiger partial charge in [0.25, 0.3) is 5.91 Å². The van der Waals surface area contributed by atoms with Crippen molar-refractivity contribution in [1.29, 1.82) is 0 Å². The van der Waals surface area contributed by atoms with Crippen LogP contribution in [0, 0.1) is 11.2 Å². The lowest BCUT2D eigenvalue weighted by Crippen LogP contribution is -2.33. The number of benzene rings is 1. The molecule has 1 unspecified atom stereocenters. The predicted octanol–water partition coefficient (Wildman–Crippen LogP) is 3.86. The summed E-state index contributed by atoms with van der Waals surface area (Å²) in [6.45, 7) is 8.29. The number of rotatable bonds is 4. The zero-order valence-electron chi connectivity index (χ0n) is 15.2. The second-order valence-electron chi connectivity index (χ2n) is 7.37. The molecule has 138 valence electrons. The summed E-state index contributed by atoms with van der Waals surface area (Å²) < 4.78 is 24.6. The number of nitrogens with one attached hydrogen (secondary N) is 2. The van der Waals surface area contributed by atoms with Crippen LogP contribution in [0.5, 0.6) is 11.5 Å². The molecule has 0 saturated carbocycles. The molecule has 2 N–H and O–H groups in total. The fourth-order valence-electron chi connectivity index (χ4n) is 2.44. The second-order valence-corrected chi connectivity index (χ2v) is 7.37. The third-order valence-electron chi connectivity index (χ3n) is 3.61. The van der Waals surface area contributed by atoms with Gasteiger partial charge in [0.05, 0.1) is 0 Å². The van der Waals surface area contributed by atoms with E-state index >= 15 is 0 Å². The smallest absolute Gasteiger partial charge is 0.274 e. The Labute approximate surface area is 151 Å². The summed E-state index contributed by atoms with van der Waals surface area (Å²) in [5.74, 6) is 0.387. The number of amides is 1. The van der Waals surface area contributed by atoms with Crippen LogP contribution in [0.15, 0.2) is 30.3 Å². The molecule has 6 nitrogen and oxygen atoms in total. The molecular formula is C19H22FN3O3. The van der Waals surface area contributed by atoms with Crippen LogP contribution in [0.25, 0.3) is 0 Å². The molecule has 2 heterocycles. The van der Waals surface area contributed by atoms with Crippen LogP contribution < -0.4 is 20.1 Å². The molecule has 0 saturated heterocycles. The van der Waals surface area contributed by atoms with Crippen molar-refractivity contribution >= 4 is 17.4 Å². The van der Waals surface area contributed by atoms with Crippen molar-refractivity contribution in [1.82, 2.24) is 10.3 Å². The van der Waals surface area contributed by atoms with E-state index in [0.29, 0.717) is 29.5 Å². The number of nitrogens with zero attached hydrogens (tertiary/aromatic N) is 1. The van der Waals surface area contributed by atoms with E-state index in [4.69, 9.17) is 9.47 Å². The van der Waals surface area contributed by atoms with Gasteiger partial charge in [-0.2, -0.15) is 0 Å². The number of ether oxygens (including phenoxy) is 2. The highest BCUT2D eigenvalue weighted by molar-refractivity contribution is 5.96. The summed E-state index contributed by atoms with van der Waals surface area (Å²) in [4.78, 5) is 17.0. The lowest BCUT2D eigenvalue weighted by Gasteiger charge is -2.19. The van der Waals surface area contributed by atoms with Gasteiger partial charge in [-0.25, -0.2) is 9.37 Å². The van der Waals surface area contributed by atoms with Gasteiger partial charge in [0, 0.05) is 25.2 Å². The highest BCUT2D eigenvalue weighted by atomic mass is 19.1. The average Bonchev–Trinajstić information content (AvgIpc) is 2.91. The van der Waals surface area contributed by atoms with Gasteiger partial charge >= 0.3 is 0 Å². The molecule has 1 amide bonds. The molecule has 1 aliphatic rings. The van der Waals surface area contributed by atoms with Crippen LogP contribution in [0.4, 0.5) is 15.9 Å². The zero-order chi connectivity index (χ0) is 18.9. The number of carbonyl (C=O) groups excluding carboxylic acids is 1. The van der Waals surface area contributed by atoms with Gasteiger partial charge in [0.15, 0.2) is 17.2 Å². The van der Waals surface area contributed by atoms with Crippen molar-refractivity contribution < 1.29 is 18.7 Å². The number of aromatic nitrogens is 1. The Kier molecular flexibility index (Phi) is 4.71. The quantitative estimate of drug-likeness (QED) is 0.867. The SMILES string of the molecule is CC1Oc2cc(Nc3cccc(F)c3)nc(C(=O)NCC(C)(C)C)c2O1. The molecule has 1 atom stereocenters. The predicted molar refractivity (Wildman–Crippen MR) is 96.4 cm³/mol. The number of hydrogen-bond acceptors (Lipinski definition) is 5. The molecule has 0 spiro atoms. The second kappa shape index (κ2) is 6.82. The highest BCUT2D eigenvalue weighted by Gasteiger charge is 2.29. The van der Waals surface area contributed by atoms with Crippen molar-refractivity contribution in [2.75, 3.05) is 11.9 Å². The molecule has 26 heavy (non-hydrogen) atoms. The maximum Gasteiger partial charge on any atom is 0.274 e. The van der Waals surface area contributed by atoms with Crippen molar-refractivity contribution in [2.45, 2.75) is 34.0 Å². The first-order chi connectivity index (χ1) is 12.2. The van der Waals surface area contributed by atoms with Crippen LogP contribution in [0.1, 0.15) is 38.2 Å². The summed E-state index contributed by atoms with van der Waals surface area (Å²) in [7, 11) is 0. The lowest BCUT2D eigenvalue weighted by molar-refractivity contribution is 0.0666. The first-order valence-electron chi connectivity index (χ1n) is 8.40. The molecule has 1 aliphatic heterocycles. The van der Waals surface area contributed by atoms with E-state index in [1.807, 2.05) is 20.8 Å². The van der Waals surface area contributed by atoms with Gasteiger partial charge in [-0.1, -0.05) is 26.8 Å². The van der Waals surface area contributed by atoms with E-state index in [1.54, 1.807) is 25.1 Å². The lowest BCUT2D eigenvalue weighted by atomic mass is 9.97. The minimum Gasteiger partial charge on any atom is -0.451 e. The van der Waals surface area contributed by atoms with E-state index in [9.17, 15) is 9.18 Å². The molecule has 3 rings (SSSR count). The molecule has 0 aliphatic carbocycles. The van der Waals surface area contributed by atoms with Crippen molar-refractivity contribution in [3.8, 4) is 11.5 Å². The minimum atomic E-state index is -0.509. The topological polar surface area (TPSA) is 72.5 Å². The first-order valence-corrected chi connectivity index (χ1v) is 8.40. The zero-order valence-corrected chi connectivity index (χ0v) is 15.2. The molecule has 1 aromatic heterocycles. The van der Waals surface area contributed by atoms with E-state index in [1.165, 1.54) is 12.1 Å². The minimum absolute atomic E-state index is 0.0685. The molecule has 0 bridgehead atoms. The number of halogens is 1. The molecule has 0 radical (unpaired) electrons. The van der Waals surface area contributed by atoms with Crippen molar-refractivity contribution in [2.24, 2.45) is 5.41 Å². The van der Waals surface area contributed by atoms with E-state index < -0.39 is 6.29 Å². The van der Waals surface area contributed by atoms with Gasteiger partial charge in [-0.3, -0.25) is 4.79 Å². The summed E-state index contributed by atoms with van der Waals surface area (Å²) in [5, 5.41) is 5.85. The summed E-state index contributed by atoms with van der Waals surface area (Å²) in [5.41, 5.74) is 0.585. The van der Waals surface area contributed by atoms with Crippen LogP contribution in [-0.2, 0) is 0 Å². The summed E-state index contributed by atoms with van der Waals surface area (Å²) >= 11 is 0. The van der Waals surface area contributed by atoms with Gasteiger partial charge in [-0.15, -0.1) is 0 Å². The first kappa shape index (κ1) is 18.0. The molecule has 2 aromatic rings. The number of carbonyl (C=O) groups is 1. The number of pyridine rings is 1. The van der Waals surface area contributed by atoms with Crippen LogP contribution in [0.2, 0.25) is 0 Å². The Morgan fingerprint density at radius 2 is 2.04 bits per heavy atom. The number of fused-ring (bicyclic) bond motifs is 1. The Morgan fingerprint density at radius 3 is 2.73 bits per heavy atom. The Bertz CT molecular complexity index is 833. The maximum atomic E-state index is 13.4. The highest BCUT2D eigenvalue weighted by Crippen LogP contribution is 2.39. The third kappa shape index (κ3) is 4.22. The molecule has 0 fully saturated rings. The molecule has 1 aromatic carbocycles. The van der Waals surface area contributed by atoms with E-state index in [0.717, 1.165) is 0 Å². The van der Waals surface area contributed by atoms with Gasteiger partial charge in [-0.05, 0) is 23.6 Å². The largest absolute Gasteiger partial charge is 0.451 e. The monoisotopic (exact) mass is 359 g/mol. The van der Waals surface area contributed by atoms with Crippen LogP contribution in [-0.4, -0.2) is 23.7 Å². The Morgan fingerprint density at radius 1 is 1.27 bits per heavy atom. The van der Waals surface area contributed by atoms with Crippen molar-refractivity contribution in [3.63, 3.8) is 0 Å². The molecule has 7 heteroatoms. The fraction of sp³-hybridized carbons (Fsp3) is 0.368. The molecular weight excluding hydrogens is 337 g/mol. The van der Waals surface area contributed by atoms with Gasteiger partial charge in [0.2, 0.25) is 6.29 Å². The maximum absolute atomic E-state index is 13.4. The summed E-state index contributed by atoms with van der Waals surface area (Å²) in [6, 6.07) is 7.62. The van der Waals surface area contributed by atoms with E-state index in [2.05, 4.69) is 15.6 Å². The van der Waals surface area contributed by atoms with Gasteiger partial charge < -0.3 is 20.1 Å². The van der Waals surface area contributed by atoms with Crippen molar-refractivity contribution in [3.05, 3.63) is 41.8 Å². The van der Waals surface area contributed by atoms with Crippen LogP contribution >= 0.6 is 0 Å². The summed E-state index contributed by atoms with van der Waals surface area (Å²) in [6.07, 6.45) is -0.509.